The monoisotopic (exact) mass is 317 g/mol. The van der Waals surface area contributed by atoms with E-state index >= 15 is 0 Å². The molecule has 0 saturated carbocycles. The summed E-state index contributed by atoms with van der Waals surface area (Å²) in [6.45, 7) is 26.3. The van der Waals surface area contributed by atoms with Crippen molar-refractivity contribution in [3.63, 3.8) is 0 Å². The Morgan fingerprint density at radius 2 is 0.857 bits per heavy atom. The van der Waals surface area contributed by atoms with Gasteiger partial charge in [0.1, 0.15) is 0 Å². The average Bonchev–Trinajstić information content (AvgIpc) is 2.40. The van der Waals surface area contributed by atoms with Gasteiger partial charge in [0, 0.05) is 0 Å². The van der Waals surface area contributed by atoms with Gasteiger partial charge in [-0.25, -0.2) is 0 Å². The van der Waals surface area contributed by atoms with Crippen molar-refractivity contribution in [3.05, 3.63) is 0 Å². The molecule has 0 aromatic carbocycles. The van der Waals surface area contributed by atoms with Crippen molar-refractivity contribution in [2.24, 2.45) is 0 Å². The highest BCUT2D eigenvalue weighted by Gasteiger charge is 2.53. The third-order valence-electron chi connectivity index (χ3n) is 3.97. The van der Waals surface area contributed by atoms with Crippen LogP contribution in [0.15, 0.2) is 0 Å². The van der Waals surface area contributed by atoms with E-state index in [1.165, 1.54) is 0 Å². The van der Waals surface area contributed by atoms with E-state index in [-0.39, 0.29) is 5.60 Å². The average molecular weight is 318 g/mol. The van der Waals surface area contributed by atoms with Crippen molar-refractivity contribution in [2.45, 2.75) is 67.9 Å². The second kappa shape index (κ2) is 9.25. The van der Waals surface area contributed by atoms with E-state index in [4.69, 9.17) is 4.43 Å². The quantitative estimate of drug-likeness (QED) is 0.576. The fourth-order valence-electron chi connectivity index (χ4n) is 3.11. The molecule has 0 aliphatic heterocycles. The van der Waals surface area contributed by atoms with E-state index in [2.05, 4.69) is 76.0 Å². The molecule has 0 radical (unpaired) electrons. The Hall–Kier alpha value is 0.0569. The summed E-state index contributed by atoms with van der Waals surface area (Å²) in [6, 6.07) is 0. The lowest BCUT2D eigenvalue weighted by molar-refractivity contribution is 0.0284. The van der Waals surface area contributed by atoms with E-state index in [1.54, 1.807) is 0 Å². The van der Waals surface area contributed by atoms with Crippen LogP contribution in [0.1, 0.15) is 62.3 Å². The first-order valence-electron chi connectivity index (χ1n) is 8.72. The van der Waals surface area contributed by atoms with E-state index in [0.717, 1.165) is 39.3 Å². The third kappa shape index (κ3) is 5.03. The molecule has 0 N–H and O–H groups in total. The largest absolute Gasteiger partial charge is 0.448 e. The molecule has 0 atom stereocenters. The highest BCUT2D eigenvalue weighted by atomic mass is 28.4. The topological polar surface area (TPSA) is 19.0 Å². The van der Waals surface area contributed by atoms with Crippen molar-refractivity contribution >= 4 is 8.80 Å². The molecule has 21 heavy (non-hydrogen) atoms. The van der Waals surface area contributed by atoms with Crippen LogP contribution in [0.5, 0.6) is 0 Å². The molecule has 0 aliphatic rings. The van der Waals surface area contributed by atoms with Crippen LogP contribution < -0.4 is 0 Å². The van der Waals surface area contributed by atoms with Gasteiger partial charge in [-0.3, -0.25) is 13.7 Å². The van der Waals surface area contributed by atoms with E-state index in [1.807, 2.05) is 0 Å². The van der Waals surface area contributed by atoms with Gasteiger partial charge in [0.15, 0.2) is 0 Å². The highest BCUT2D eigenvalue weighted by molar-refractivity contribution is 6.65. The predicted molar refractivity (Wildman–Crippen MR) is 95.4 cm³/mol. The molecule has 0 heterocycles. The third-order valence-corrected chi connectivity index (χ3v) is 9.22. The number of hydrogen-bond acceptors (Lipinski definition) is 4. The van der Waals surface area contributed by atoms with E-state index < -0.39 is 8.80 Å². The molecule has 0 spiro atoms. The van der Waals surface area contributed by atoms with Crippen LogP contribution in [0, 0.1) is 0 Å². The molecule has 4 nitrogen and oxygen atoms in total. The molecule has 0 unspecified atom stereocenters. The maximum atomic E-state index is 6.87. The Morgan fingerprint density at radius 1 is 0.619 bits per heavy atom. The van der Waals surface area contributed by atoms with Gasteiger partial charge in [-0.1, -0.05) is 41.5 Å². The first-order valence-corrected chi connectivity index (χ1v) is 10.5. The second-order valence-corrected chi connectivity index (χ2v) is 9.55. The molecule has 0 aromatic heterocycles. The van der Waals surface area contributed by atoms with Gasteiger partial charge < -0.3 is 4.43 Å². The Morgan fingerprint density at radius 3 is 1.00 bits per heavy atom. The molecule has 5 heteroatoms. The Labute approximate surface area is 134 Å². The van der Waals surface area contributed by atoms with E-state index in [0.29, 0.717) is 0 Å². The first kappa shape index (κ1) is 21.1. The first-order chi connectivity index (χ1) is 9.77. The fraction of sp³-hybridized carbons (Fsp3) is 1.00. The molecule has 0 rings (SSSR count). The van der Waals surface area contributed by atoms with Crippen LogP contribution in [-0.2, 0) is 4.43 Å². The van der Waals surface area contributed by atoms with Crippen LogP contribution in [0.3, 0.4) is 0 Å². The van der Waals surface area contributed by atoms with Crippen molar-refractivity contribution in [1.82, 2.24) is 13.7 Å². The van der Waals surface area contributed by atoms with Crippen molar-refractivity contribution in [2.75, 3.05) is 39.3 Å². The fourth-order valence-corrected chi connectivity index (χ4v) is 7.99. The molecule has 0 fully saturated rings. The zero-order valence-electron chi connectivity index (χ0n) is 16.0. The minimum atomic E-state index is -2.32. The minimum absolute atomic E-state index is 0.139. The standard InChI is InChI=1S/C16H39N3OSi/c1-10-17(11-2)21(18(12-3)13-4,19(14-5)15-6)20-16(7,8)9/h10-15H2,1-9H3. The van der Waals surface area contributed by atoms with Crippen LogP contribution in [0.4, 0.5) is 0 Å². The summed E-state index contributed by atoms with van der Waals surface area (Å²) in [4.78, 5) is 0. The summed E-state index contributed by atoms with van der Waals surface area (Å²) in [5.41, 5.74) is -0.139. The lowest BCUT2D eigenvalue weighted by Crippen LogP contribution is -2.78. The highest BCUT2D eigenvalue weighted by Crippen LogP contribution is 2.27. The summed E-state index contributed by atoms with van der Waals surface area (Å²) >= 11 is 0. The number of hydrogen-bond donors (Lipinski definition) is 0. The van der Waals surface area contributed by atoms with Gasteiger partial charge in [0.05, 0.1) is 5.60 Å². The van der Waals surface area contributed by atoms with Crippen LogP contribution in [-0.4, -0.2) is 67.4 Å². The van der Waals surface area contributed by atoms with Crippen LogP contribution in [0.25, 0.3) is 0 Å². The van der Waals surface area contributed by atoms with Gasteiger partial charge in [0.2, 0.25) is 0 Å². The maximum absolute atomic E-state index is 6.87. The molecule has 0 amide bonds. The molecular weight excluding hydrogens is 278 g/mol. The molecule has 0 aliphatic carbocycles. The molecule has 0 saturated heterocycles. The van der Waals surface area contributed by atoms with Crippen molar-refractivity contribution in [3.8, 4) is 0 Å². The van der Waals surface area contributed by atoms with Gasteiger partial charge >= 0.3 is 8.80 Å². The van der Waals surface area contributed by atoms with Gasteiger partial charge in [-0.2, -0.15) is 0 Å². The Kier molecular flexibility index (Phi) is 9.28. The van der Waals surface area contributed by atoms with Crippen LogP contribution in [0.2, 0.25) is 0 Å². The Balaban J connectivity index is 6.03. The van der Waals surface area contributed by atoms with E-state index in [9.17, 15) is 0 Å². The SMILES string of the molecule is CCN(CC)[Si](OC(C)(C)C)(N(CC)CC)N(CC)CC. The molecule has 0 aromatic rings. The molecule has 128 valence electrons. The van der Waals surface area contributed by atoms with Gasteiger partial charge in [-0.15, -0.1) is 0 Å². The molecule has 0 bridgehead atoms. The zero-order chi connectivity index (χ0) is 16.7. The van der Waals surface area contributed by atoms with Crippen molar-refractivity contribution in [1.29, 1.82) is 0 Å². The van der Waals surface area contributed by atoms with Crippen LogP contribution >= 0.6 is 0 Å². The second-order valence-electron chi connectivity index (χ2n) is 6.31. The molecular formula is C16H39N3OSi. The smallest absolute Gasteiger partial charge is 0.375 e. The Bertz CT molecular complexity index is 238. The minimum Gasteiger partial charge on any atom is -0.375 e. The predicted octanol–water partition coefficient (Wildman–Crippen LogP) is 3.26. The summed E-state index contributed by atoms with van der Waals surface area (Å²) in [5.74, 6) is 0. The zero-order valence-corrected chi connectivity index (χ0v) is 17.0. The number of nitrogens with zero attached hydrogens (tertiary/aromatic N) is 3. The lowest BCUT2D eigenvalue weighted by atomic mass is 10.2. The van der Waals surface area contributed by atoms with Gasteiger partial charge in [0.25, 0.3) is 0 Å². The maximum Gasteiger partial charge on any atom is 0.448 e. The summed E-state index contributed by atoms with van der Waals surface area (Å²) in [5, 5.41) is 0. The van der Waals surface area contributed by atoms with Gasteiger partial charge in [-0.05, 0) is 60.0 Å². The lowest BCUT2D eigenvalue weighted by Gasteiger charge is -2.53. The summed E-state index contributed by atoms with van der Waals surface area (Å²) in [6.07, 6.45) is 0. The normalized spacial score (nSPS) is 13.7. The number of rotatable bonds is 10. The summed E-state index contributed by atoms with van der Waals surface area (Å²) in [7, 11) is -2.32. The summed E-state index contributed by atoms with van der Waals surface area (Å²) < 4.78 is 14.6. The van der Waals surface area contributed by atoms with Crippen molar-refractivity contribution < 1.29 is 4.43 Å².